The minimum atomic E-state index is 0.208. The van der Waals surface area contributed by atoms with E-state index in [1.807, 2.05) is 24.0 Å². The molecule has 120 valence electrons. The topological polar surface area (TPSA) is 42.4 Å². The fourth-order valence-corrected chi connectivity index (χ4v) is 3.53. The number of rotatable bonds is 4. The molecule has 2 fully saturated rings. The quantitative estimate of drug-likeness (QED) is 0.856. The minimum Gasteiger partial charge on any atom is -0.489 e. The van der Waals surface area contributed by atoms with Crippen LogP contribution in [0.1, 0.15) is 50.6 Å². The summed E-state index contributed by atoms with van der Waals surface area (Å²) >= 11 is 0. The van der Waals surface area contributed by atoms with Gasteiger partial charge in [0.1, 0.15) is 11.9 Å². The Hall–Kier alpha value is -1.58. The van der Waals surface area contributed by atoms with Crippen molar-refractivity contribution in [1.29, 1.82) is 0 Å². The first kappa shape index (κ1) is 15.3. The molecule has 0 spiro atoms. The van der Waals surface area contributed by atoms with Crippen molar-refractivity contribution in [2.24, 2.45) is 5.92 Å². The molecule has 0 aromatic carbocycles. The Labute approximate surface area is 132 Å². The Bertz CT molecular complexity index is 486. The van der Waals surface area contributed by atoms with Crippen LogP contribution in [0.15, 0.2) is 18.3 Å². The van der Waals surface area contributed by atoms with Gasteiger partial charge in [-0.05, 0) is 37.8 Å². The molecule has 3 rings (SSSR count). The molecule has 4 nitrogen and oxygen atoms in total. The molecule has 0 unspecified atom stereocenters. The van der Waals surface area contributed by atoms with E-state index in [9.17, 15) is 4.79 Å². The van der Waals surface area contributed by atoms with Crippen molar-refractivity contribution in [3.05, 3.63) is 24.0 Å². The van der Waals surface area contributed by atoms with Gasteiger partial charge in [0.15, 0.2) is 0 Å². The van der Waals surface area contributed by atoms with Crippen molar-refractivity contribution >= 4 is 5.91 Å². The first-order valence-corrected chi connectivity index (χ1v) is 8.58. The highest BCUT2D eigenvalue weighted by atomic mass is 16.5. The van der Waals surface area contributed by atoms with Crippen LogP contribution in [0.25, 0.3) is 0 Å². The predicted octanol–water partition coefficient (Wildman–Crippen LogP) is 3.34. The van der Waals surface area contributed by atoms with Crippen LogP contribution >= 0.6 is 0 Å². The van der Waals surface area contributed by atoms with E-state index in [2.05, 4.69) is 4.98 Å². The lowest BCUT2D eigenvalue weighted by Crippen LogP contribution is -2.42. The van der Waals surface area contributed by atoms with E-state index < -0.39 is 0 Å². The van der Waals surface area contributed by atoms with Gasteiger partial charge >= 0.3 is 0 Å². The molecule has 1 amide bonds. The summed E-state index contributed by atoms with van der Waals surface area (Å²) in [7, 11) is 0. The number of amides is 1. The maximum absolute atomic E-state index is 12.3. The molecule has 1 aliphatic carbocycles. The molecule has 2 aliphatic rings. The summed E-state index contributed by atoms with van der Waals surface area (Å²) in [6, 6.07) is 3.94. The lowest BCUT2D eigenvalue weighted by atomic mass is 10.0. The van der Waals surface area contributed by atoms with E-state index in [-0.39, 0.29) is 6.10 Å². The van der Waals surface area contributed by atoms with Gasteiger partial charge in [-0.15, -0.1) is 0 Å². The molecule has 22 heavy (non-hydrogen) atoms. The molecule has 4 heteroatoms. The van der Waals surface area contributed by atoms with Crippen molar-refractivity contribution in [3.8, 4) is 5.75 Å². The summed E-state index contributed by atoms with van der Waals surface area (Å²) in [6.07, 6.45) is 9.68. The van der Waals surface area contributed by atoms with E-state index in [0.29, 0.717) is 11.8 Å². The molecular formula is C18H26N2O2. The summed E-state index contributed by atoms with van der Waals surface area (Å²) in [4.78, 5) is 18.6. The summed E-state index contributed by atoms with van der Waals surface area (Å²) in [6.45, 7) is 3.63. The molecule has 0 N–H and O–H groups in total. The number of nitrogens with zero attached hydrogens (tertiary/aromatic N) is 2. The van der Waals surface area contributed by atoms with Crippen LogP contribution in [0.4, 0.5) is 0 Å². The number of aryl methyl sites for hydroxylation is 1. The number of pyridine rings is 1. The van der Waals surface area contributed by atoms with Crippen molar-refractivity contribution in [3.63, 3.8) is 0 Å². The number of ether oxygens (including phenoxy) is 1. The van der Waals surface area contributed by atoms with Crippen molar-refractivity contribution in [2.45, 2.75) is 58.0 Å². The van der Waals surface area contributed by atoms with Crippen LogP contribution in [-0.4, -0.2) is 35.0 Å². The first-order valence-electron chi connectivity index (χ1n) is 8.58. The standard InChI is InChI=1S/C18H26N2O2/c1-14-6-7-17(13-19-14)22-16-8-10-20(11-9-16)18(21)12-15-4-2-3-5-15/h6-7,13,15-16H,2-5,8-12H2,1H3. The van der Waals surface area contributed by atoms with Crippen molar-refractivity contribution in [2.75, 3.05) is 13.1 Å². The van der Waals surface area contributed by atoms with E-state index in [4.69, 9.17) is 4.74 Å². The van der Waals surface area contributed by atoms with Crippen LogP contribution in [0.2, 0.25) is 0 Å². The average molecular weight is 302 g/mol. The number of hydrogen-bond acceptors (Lipinski definition) is 3. The lowest BCUT2D eigenvalue weighted by Gasteiger charge is -2.32. The second kappa shape index (κ2) is 7.12. The Morgan fingerprint density at radius 1 is 1.23 bits per heavy atom. The van der Waals surface area contributed by atoms with Gasteiger partial charge in [0.25, 0.3) is 0 Å². The molecule has 0 bridgehead atoms. The number of carbonyl (C=O) groups is 1. The largest absolute Gasteiger partial charge is 0.489 e. The van der Waals surface area contributed by atoms with Gasteiger partial charge in [-0.25, -0.2) is 0 Å². The Morgan fingerprint density at radius 2 is 1.95 bits per heavy atom. The van der Waals surface area contributed by atoms with E-state index >= 15 is 0 Å². The van der Waals surface area contributed by atoms with Crippen LogP contribution in [0.3, 0.4) is 0 Å². The van der Waals surface area contributed by atoms with Gasteiger partial charge in [0.2, 0.25) is 5.91 Å². The maximum Gasteiger partial charge on any atom is 0.222 e. The minimum absolute atomic E-state index is 0.208. The number of likely N-dealkylation sites (tertiary alicyclic amines) is 1. The van der Waals surface area contributed by atoms with E-state index in [1.165, 1.54) is 25.7 Å². The molecule has 1 aromatic rings. The van der Waals surface area contributed by atoms with E-state index in [1.54, 1.807) is 6.20 Å². The van der Waals surface area contributed by atoms with Gasteiger partial charge < -0.3 is 9.64 Å². The van der Waals surface area contributed by atoms with Crippen LogP contribution in [-0.2, 0) is 4.79 Å². The highest BCUT2D eigenvalue weighted by Crippen LogP contribution is 2.28. The van der Waals surface area contributed by atoms with Crippen molar-refractivity contribution in [1.82, 2.24) is 9.88 Å². The first-order chi connectivity index (χ1) is 10.7. The Kier molecular flexibility index (Phi) is 4.96. The van der Waals surface area contributed by atoms with Gasteiger partial charge in [0.05, 0.1) is 6.20 Å². The van der Waals surface area contributed by atoms with Gasteiger partial charge in [0, 0.05) is 38.0 Å². The zero-order valence-corrected chi connectivity index (χ0v) is 13.5. The average Bonchev–Trinajstić information content (AvgIpc) is 3.03. The van der Waals surface area contributed by atoms with Gasteiger partial charge in [-0.1, -0.05) is 12.8 Å². The Balaban J connectivity index is 1.43. The number of carbonyl (C=O) groups excluding carboxylic acids is 1. The van der Waals surface area contributed by atoms with Crippen LogP contribution in [0, 0.1) is 12.8 Å². The molecule has 1 saturated carbocycles. The fraction of sp³-hybridized carbons (Fsp3) is 0.667. The molecule has 1 aliphatic heterocycles. The third-order valence-corrected chi connectivity index (χ3v) is 4.92. The van der Waals surface area contributed by atoms with E-state index in [0.717, 1.165) is 43.8 Å². The molecule has 0 radical (unpaired) electrons. The number of piperidine rings is 1. The SMILES string of the molecule is Cc1ccc(OC2CCN(C(=O)CC3CCCC3)CC2)cn1. The maximum atomic E-state index is 12.3. The van der Waals surface area contributed by atoms with Crippen molar-refractivity contribution < 1.29 is 9.53 Å². The zero-order valence-electron chi connectivity index (χ0n) is 13.5. The Morgan fingerprint density at radius 3 is 2.59 bits per heavy atom. The predicted molar refractivity (Wildman–Crippen MR) is 85.8 cm³/mol. The molecule has 2 heterocycles. The third-order valence-electron chi connectivity index (χ3n) is 4.92. The summed E-state index contributed by atoms with van der Waals surface area (Å²) < 4.78 is 5.97. The summed E-state index contributed by atoms with van der Waals surface area (Å²) in [5.41, 5.74) is 1.000. The molecule has 0 atom stereocenters. The second-order valence-electron chi connectivity index (χ2n) is 6.69. The molecule has 1 aromatic heterocycles. The number of hydrogen-bond donors (Lipinski definition) is 0. The zero-order chi connectivity index (χ0) is 15.4. The van der Waals surface area contributed by atoms with Gasteiger partial charge in [-0.3, -0.25) is 9.78 Å². The second-order valence-corrected chi connectivity index (χ2v) is 6.69. The monoisotopic (exact) mass is 302 g/mol. The summed E-state index contributed by atoms with van der Waals surface area (Å²) in [5.74, 6) is 1.82. The summed E-state index contributed by atoms with van der Waals surface area (Å²) in [5, 5.41) is 0. The van der Waals surface area contributed by atoms with Crippen LogP contribution in [0.5, 0.6) is 5.75 Å². The lowest BCUT2D eigenvalue weighted by molar-refractivity contribution is -0.134. The third kappa shape index (κ3) is 3.99. The molecule has 1 saturated heterocycles. The smallest absolute Gasteiger partial charge is 0.222 e. The normalized spacial score (nSPS) is 20.3. The highest BCUT2D eigenvalue weighted by Gasteiger charge is 2.26. The number of aromatic nitrogens is 1. The molecular weight excluding hydrogens is 276 g/mol. The highest BCUT2D eigenvalue weighted by molar-refractivity contribution is 5.76. The van der Waals surface area contributed by atoms with Crippen LogP contribution < -0.4 is 4.74 Å². The van der Waals surface area contributed by atoms with Gasteiger partial charge in [-0.2, -0.15) is 0 Å². The fourth-order valence-electron chi connectivity index (χ4n) is 3.53.